The highest BCUT2D eigenvalue weighted by Gasteiger charge is 2.13. The zero-order chi connectivity index (χ0) is 8.67. The lowest BCUT2D eigenvalue weighted by atomic mass is 10.2. The van der Waals surface area contributed by atoms with Crippen molar-refractivity contribution in [2.75, 3.05) is 0 Å². The van der Waals surface area contributed by atoms with E-state index in [1.165, 1.54) is 12.5 Å². The predicted molar refractivity (Wildman–Crippen MR) is 46.5 cm³/mol. The van der Waals surface area contributed by atoms with Crippen molar-refractivity contribution in [3.05, 3.63) is 31.0 Å². The normalized spacial score (nSPS) is 13.5. The largest absolute Gasteiger partial charge is 0.458 e. The van der Waals surface area contributed by atoms with E-state index in [-0.39, 0.29) is 0 Å². The Balaban J connectivity index is 2.38. The van der Waals surface area contributed by atoms with E-state index >= 15 is 0 Å². The molecule has 0 radical (unpaired) electrons. The molecule has 13 heavy (non-hydrogen) atoms. The Labute approximate surface area is 73.8 Å². The lowest BCUT2D eigenvalue weighted by molar-refractivity contribution is 0.365. The maximum absolute atomic E-state index is 5.31. The van der Waals surface area contributed by atoms with Crippen LogP contribution in [-0.2, 0) is 0 Å². The van der Waals surface area contributed by atoms with Crippen LogP contribution >= 0.6 is 0 Å². The third-order valence-corrected chi connectivity index (χ3v) is 1.95. The second-order valence-electron chi connectivity index (χ2n) is 2.70. The maximum Gasteiger partial charge on any atom is 0.196 e. The van der Waals surface area contributed by atoms with Crippen molar-refractivity contribution in [1.29, 1.82) is 0 Å². The summed E-state index contributed by atoms with van der Waals surface area (Å²) in [5.41, 5.74) is 1.74. The quantitative estimate of drug-likeness (QED) is 0.662. The van der Waals surface area contributed by atoms with E-state index in [2.05, 4.69) is 9.97 Å². The molecule has 0 saturated carbocycles. The third kappa shape index (κ3) is 0.823. The molecule has 64 valence electrons. The second kappa shape index (κ2) is 2.26. The van der Waals surface area contributed by atoms with Gasteiger partial charge in [0, 0.05) is 0 Å². The van der Waals surface area contributed by atoms with Gasteiger partial charge in [-0.2, -0.15) is 0 Å². The highest BCUT2D eigenvalue weighted by Crippen LogP contribution is 2.35. The molecule has 1 aliphatic heterocycles. The van der Waals surface area contributed by atoms with Gasteiger partial charge in [-0.1, -0.05) is 0 Å². The number of nitrogens with one attached hydrogen (secondary N) is 1. The predicted octanol–water partition coefficient (Wildman–Crippen LogP) is 1.81. The smallest absolute Gasteiger partial charge is 0.196 e. The monoisotopic (exact) mass is 174 g/mol. The topological polar surface area (TPSA) is 47.1 Å². The van der Waals surface area contributed by atoms with Gasteiger partial charge in [0.2, 0.25) is 0 Å². The van der Waals surface area contributed by atoms with Crippen LogP contribution in [0.15, 0.2) is 31.0 Å². The highest BCUT2D eigenvalue weighted by atomic mass is 16.5. The highest BCUT2D eigenvalue weighted by molar-refractivity contribution is 5.84. The van der Waals surface area contributed by atoms with Crippen molar-refractivity contribution < 1.29 is 9.47 Å². The molecule has 0 unspecified atom stereocenters. The van der Waals surface area contributed by atoms with E-state index in [1.54, 1.807) is 6.33 Å². The van der Waals surface area contributed by atoms with Crippen molar-refractivity contribution in [2.45, 2.75) is 0 Å². The summed E-state index contributed by atoms with van der Waals surface area (Å²) in [4.78, 5) is 7.14. The number of benzene rings is 1. The third-order valence-electron chi connectivity index (χ3n) is 1.95. The van der Waals surface area contributed by atoms with Crippen LogP contribution in [0, 0.1) is 0 Å². The Morgan fingerprint density at radius 2 is 2.08 bits per heavy atom. The van der Waals surface area contributed by atoms with Gasteiger partial charge in [-0.3, -0.25) is 0 Å². The van der Waals surface area contributed by atoms with E-state index < -0.39 is 0 Å². The minimum absolute atomic E-state index is 0.668. The summed E-state index contributed by atoms with van der Waals surface area (Å²) in [7, 11) is 0. The van der Waals surface area contributed by atoms with Crippen molar-refractivity contribution in [3.63, 3.8) is 0 Å². The average Bonchev–Trinajstić information content (AvgIpc) is 2.65. The molecule has 2 heterocycles. The average molecular weight is 174 g/mol. The fourth-order valence-electron chi connectivity index (χ4n) is 1.37. The Morgan fingerprint density at radius 1 is 1.15 bits per heavy atom. The van der Waals surface area contributed by atoms with E-state index in [4.69, 9.17) is 9.47 Å². The summed E-state index contributed by atoms with van der Waals surface area (Å²) in [5, 5.41) is 0. The summed E-state index contributed by atoms with van der Waals surface area (Å²) in [5.74, 6) is 1.36. The van der Waals surface area contributed by atoms with Crippen LogP contribution in [0.25, 0.3) is 11.0 Å². The number of aromatic amines is 1. The number of nitrogens with zero attached hydrogens (tertiary/aromatic N) is 1. The standard InChI is InChI=1S/C9H6N2O2/c1-2-7-9(13-4-3-12-7)8-6(1)10-5-11-8/h1-5H,(H,10,11). The van der Waals surface area contributed by atoms with Crippen molar-refractivity contribution in [2.24, 2.45) is 0 Å². The number of fused-ring (bicyclic) bond motifs is 3. The molecule has 0 spiro atoms. The first kappa shape index (κ1) is 6.54. The molecular formula is C9H6N2O2. The van der Waals surface area contributed by atoms with E-state index in [1.807, 2.05) is 12.1 Å². The molecule has 2 aromatic rings. The van der Waals surface area contributed by atoms with Gasteiger partial charge in [-0.05, 0) is 12.1 Å². The SMILES string of the molecule is C1=COc2c(ccc3[nH]cnc23)O1. The molecule has 1 aliphatic rings. The van der Waals surface area contributed by atoms with Crippen LogP contribution < -0.4 is 9.47 Å². The molecule has 1 N–H and O–H groups in total. The first-order chi connectivity index (χ1) is 6.45. The van der Waals surface area contributed by atoms with E-state index in [9.17, 15) is 0 Å². The van der Waals surface area contributed by atoms with Gasteiger partial charge < -0.3 is 14.5 Å². The lowest BCUT2D eigenvalue weighted by Gasteiger charge is -2.11. The Kier molecular flexibility index (Phi) is 1.14. The number of hydrogen-bond acceptors (Lipinski definition) is 3. The number of aromatic nitrogens is 2. The molecule has 4 nitrogen and oxygen atoms in total. The van der Waals surface area contributed by atoms with Gasteiger partial charge >= 0.3 is 0 Å². The number of hydrogen-bond donors (Lipinski definition) is 1. The molecule has 0 atom stereocenters. The number of imidazole rings is 1. The van der Waals surface area contributed by atoms with Crippen LogP contribution in [0.3, 0.4) is 0 Å². The van der Waals surface area contributed by atoms with E-state index in [0.717, 1.165) is 11.0 Å². The van der Waals surface area contributed by atoms with Gasteiger partial charge in [0.25, 0.3) is 0 Å². The molecule has 0 saturated heterocycles. The van der Waals surface area contributed by atoms with Gasteiger partial charge in [0.05, 0.1) is 11.8 Å². The zero-order valence-corrected chi connectivity index (χ0v) is 6.65. The van der Waals surface area contributed by atoms with Crippen LogP contribution in [0.2, 0.25) is 0 Å². The van der Waals surface area contributed by atoms with Gasteiger partial charge in [-0.25, -0.2) is 4.98 Å². The Morgan fingerprint density at radius 3 is 3.08 bits per heavy atom. The van der Waals surface area contributed by atoms with Crippen LogP contribution in [0.1, 0.15) is 0 Å². The first-order valence-electron chi connectivity index (χ1n) is 3.89. The summed E-state index contributed by atoms with van der Waals surface area (Å²) >= 11 is 0. The van der Waals surface area contributed by atoms with Crippen LogP contribution in [-0.4, -0.2) is 9.97 Å². The molecule has 1 aromatic carbocycles. The lowest BCUT2D eigenvalue weighted by Crippen LogP contribution is -1.96. The minimum Gasteiger partial charge on any atom is -0.458 e. The summed E-state index contributed by atoms with van der Waals surface area (Å²) < 4.78 is 10.5. The Bertz CT molecular complexity index is 487. The number of rotatable bonds is 0. The van der Waals surface area contributed by atoms with Crippen molar-refractivity contribution in [1.82, 2.24) is 9.97 Å². The van der Waals surface area contributed by atoms with Crippen LogP contribution in [0.5, 0.6) is 11.5 Å². The maximum atomic E-state index is 5.31. The summed E-state index contributed by atoms with van der Waals surface area (Å²) in [6.45, 7) is 0. The molecule has 0 amide bonds. The summed E-state index contributed by atoms with van der Waals surface area (Å²) in [6.07, 6.45) is 4.63. The molecule has 0 bridgehead atoms. The molecule has 0 aliphatic carbocycles. The molecule has 1 aromatic heterocycles. The zero-order valence-electron chi connectivity index (χ0n) is 6.65. The molecule has 4 heteroatoms. The molecule has 3 rings (SSSR count). The minimum atomic E-state index is 0.668. The van der Waals surface area contributed by atoms with Crippen molar-refractivity contribution >= 4 is 11.0 Å². The number of ether oxygens (including phenoxy) is 2. The van der Waals surface area contributed by atoms with Crippen LogP contribution in [0.4, 0.5) is 0 Å². The fraction of sp³-hybridized carbons (Fsp3) is 0. The van der Waals surface area contributed by atoms with Gasteiger partial charge in [-0.15, -0.1) is 0 Å². The van der Waals surface area contributed by atoms with E-state index in [0.29, 0.717) is 11.5 Å². The van der Waals surface area contributed by atoms with Gasteiger partial charge in [0.1, 0.15) is 18.0 Å². The molecular weight excluding hydrogens is 168 g/mol. The summed E-state index contributed by atoms with van der Waals surface area (Å²) in [6, 6.07) is 3.75. The number of H-pyrrole nitrogens is 1. The van der Waals surface area contributed by atoms with Gasteiger partial charge in [0.15, 0.2) is 11.5 Å². The first-order valence-corrected chi connectivity index (χ1v) is 3.89. The second-order valence-corrected chi connectivity index (χ2v) is 2.70. The fourth-order valence-corrected chi connectivity index (χ4v) is 1.37. The van der Waals surface area contributed by atoms with Crippen molar-refractivity contribution in [3.8, 4) is 11.5 Å². The molecule has 0 fully saturated rings. The Hall–Kier alpha value is -1.97.